The van der Waals surface area contributed by atoms with Crippen LogP contribution in [0.15, 0.2) is 41.9 Å². The van der Waals surface area contributed by atoms with Gasteiger partial charge in [-0.1, -0.05) is 0 Å². The predicted octanol–water partition coefficient (Wildman–Crippen LogP) is 3.29. The highest BCUT2D eigenvalue weighted by Crippen LogP contribution is 2.33. The Bertz CT molecular complexity index is 1170. The minimum absolute atomic E-state index is 0.0550. The van der Waals surface area contributed by atoms with E-state index in [1.807, 2.05) is 34.5 Å². The fraction of sp³-hybridized carbons (Fsp3) is 0.360. The normalized spacial score (nSPS) is 13.5. The van der Waals surface area contributed by atoms with Crippen molar-refractivity contribution in [3.05, 3.63) is 53.2 Å². The first-order valence-corrected chi connectivity index (χ1v) is 12.2. The van der Waals surface area contributed by atoms with Crippen LogP contribution in [0.1, 0.15) is 23.0 Å². The molecule has 0 saturated carbocycles. The quantitative estimate of drug-likeness (QED) is 0.439. The number of thiazole rings is 1. The molecule has 4 rings (SSSR count). The maximum absolute atomic E-state index is 12.9. The summed E-state index contributed by atoms with van der Waals surface area (Å²) in [5.74, 6) is 1.76. The fourth-order valence-electron chi connectivity index (χ4n) is 3.85. The Morgan fingerprint density at radius 3 is 2.46 bits per heavy atom. The topological polar surface area (TPSA) is 94.1 Å². The summed E-state index contributed by atoms with van der Waals surface area (Å²) in [6, 6.07) is 9.19. The number of rotatable bonds is 8. The number of ether oxygens (including phenoxy) is 3. The molecule has 184 valence electrons. The molecule has 1 aliphatic rings. The third kappa shape index (κ3) is 5.71. The number of hydrogen-bond donors (Lipinski definition) is 0. The molecular formula is C25H28N4O5S. The summed E-state index contributed by atoms with van der Waals surface area (Å²) < 4.78 is 15.7. The minimum atomic E-state index is -0.377. The maximum Gasteiger partial charge on any atom is 0.339 e. The maximum atomic E-state index is 12.9. The van der Waals surface area contributed by atoms with Gasteiger partial charge in [0.25, 0.3) is 0 Å². The summed E-state index contributed by atoms with van der Waals surface area (Å²) in [5, 5.41) is 2.76. The van der Waals surface area contributed by atoms with E-state index in [9.17, 15) is 9.59 Å². The van der Waals surface area contributed by atoms with E-state index >= 15 is 0 Å². The average molecular weight is 497 g/mol. The van der Waals surface area contributed by atoms with Gasteiger partial charge in [0.05, 0.1) is 38.5 Å². The monoisotopic (exact) mass is 496 g/mol. The van der Waals surface area contributed by atoms with Crippen LogP contribution in [0.4, 0.5) is 5.82 Å². The first-order valence-electron chi connectivity index (χ1n) is 11.3. The van der Waals surface area contributed by atoms with Crippen molar-refractivity contribution in [2.45, 2.75) is 13.3 Å². The molecule has 3 heterocycles. The van der Waals surface area contributed by atoms with Crippen molar-refractivity contribution >= 4 is 29.0 Å². The lowest BCUT2D eigenvalue weighted by Gasteiger charge is -2.35. The van der Waals surface area contributed by atoms with Crippen LogP contribution >= 0.6 is 11.3 Å². The number of carbonyl (C=O) groups excluding carboxylic acids is 2. The molecule has 0 radical (unpaired) electrons. The van der Waals surface area contributed by atoms with Crippen molar-refractivity contribution in [1.29, 1.82) is 0 Å². The second-order valence-corrected chi connectivity index (χ2v) is 8.74. The van der Waals surface area contributed by atoms with E-state index < -0.39 is 0 Å². The van der Waals surface area contributed by atoms with E-state index in [0.717, 1.165) is 22.1 Å². The Kier molecular flexibility index (Phi) is 7.81. The summed E-state index contributed by atoms with van der Waals surface area (Å²) in [7, 11) is 3.20. The Hall–Kier alpha value is -3.66. The molecule has 10 heteroatoms. The highest BCUT2D eigenvalue weighted by molar-refractivity contribution is 7.13. The lowest BCUT2D eigenvalue weighted by atomic mass is 10.2. The molecule has 1 aliphatic heterocycles. The number of piperazine rings is 1. The summed E-state index contributed by atoms with van der Waals surface area (Å²) in [5.41, 5.74) is 2.10. The van der Waals surface area contributed by atoms with Crippen LogP contribution < -0.4 is 14.4 Å². The zero-order chi connectivity index (χ0) is 24.8. The van der Waals surface area contributed by atoms with E-state index in [1.54, 1.807) is 27.2 Å². The molecule has 1 aromatic carbocycles. The Morgan fingerprint density at radius 2 is 1.80 bits per heavy atom. The number of benzene rings is 1. The van der Waals surface area contributed by atoms with Crippen molar-refractivity contribution in [1.82, 2.24) is 14.9 Å². The summed E-state index contributed by atoms with van der Waals surface area (Å²) in [6.07, 6.45) is 1.79. The van der Waals surface area contributed by atoms with E-state index in [4.69, 9.17) is 14.2 Å². The molecule has 0 N–H and O–H groups in total. The zero-order valence-corrected chi connectivity index (χ0v) is 20.8. The van der Waals surface area contributed by atoms with Crippen molar-refractivity contribution in [2.75, 3.05) is 51.9 Å². The lowest BCUT2D eigenvalue weighted by molar-refractivity contribution is -0.130. The second-order valence-electron chi connectivity index (χ2n) is 7.88. The molecule has 0 spiro atoms. The first-order chi connectivity index (χ1) is 17.0. The Morgan fingerprint density at radius 1 is 1.03 bits per heavy atom. The number of esters is 1. The first kappa shape index (κ1) is 24.5. The smallest absolute Gasteiger partial charge is 0.339 e. The van der Waals surface area contributed by atoms with Gasteiger partial charge in [-0.2, -0.15) is 0 Å². The predicted molar refractivity (Wildman–Crippen MR) is 133 cm³/mol. The molecule has 1 amide bonds. The zero-order valence-electron chi connectivity index (χ0n) is 20.0. The third-order valence-electron chi connectivity index (χ3n) is 5.73. The van der Waals surface area contributed by atoms with Crippen LogP contribution in [-0.2, 0) is 16.0 Å². The Labute approximate surface area is 208 Å². The molecular weight excluding hydrogens is 468 g/mol. The third-order valence-corrected chi connectivity index (χ3v) is 6.67. The van der Waals surface area contributed by atoms with Crippen LogP contribution in [-0.4, -0.2) is 73.7 Å². The SMILES string of the molecule is CCOC(=O)c1ccc(N2CCN(C(=O)Cc3csc(-c4ccc(OC)c(OC)c4)n3)CC2)nc1. The van der Waals surface area contributed by atoms with Gasteiger partial charge < -0.3 is 24.0 Å². The van der Waals surface area contributed by atoms with Gasteiger partial charge in [0.2, 0.25) is 5.91 Å². The highest BCUT2D eigenvalue weighted by Gasteiger charge is 2.23. The highest BCUT2D eigenvalue weighted by atomic mass is 32.1. The number of hydrogen-bond acceptors (Lipinski definition) is 9. The second kappa shape index (κ2) is 11.2. The molecule has 35 heavy (non-hydrogen) atoms. The summed E-state index contributed by atoms with van der Waals surface area (Å²) >= 11 is 1.50. The summed E-state index contributed by atoms with van der Waals surface area (Å²) in [6.45, 7) is 4.65. The minimum Gasteiger partial charge on any atom is -0.493 e. The number of carbonyl (C=O) groups is 2. The molecule has 0 aliphatic carbocycles. The van der Waals surface area contributed by atoms with Gasteiger partial charge in [0, 0.05) is 43.3 Å². The molecule has 0 unspecified atom stereocenters. The lowest BCUT2D eigenvalue weighted by Crippen LogP contribution is -2.49. The van der Waals surface area contributed by atoms with Crippen LogP contribution in [0.2, 0.25) is 0 Å². The fourth-order valence-corrected chi connectivity index (χ4v) is 4.67. The molecule has 0 bridgehead atoms. The van der Waals surface area contributed by atoms with Gasteiger partial charge in [-0.15, -0.1) is 11.3 Å². The van der Waals surface area contributed by atoms with Gasteiger partial charge in [-0.05, 0) is 37.3 Å². The van der Waals surface area contributed by atoms with E-state index in [2.05, 4.69) is 14.9 Å². The molecule has 2 aromatic heterocycles. The van der Waals surface area contributed by atoms with E-state index in [0.29, 0.717) is 49.8 Å². The summed E-state index contributed by atoms with van der Waals surface area (Å²) in [4.78, 5) is 37.7. The molecule has 9 nitrogen and oxygen atoms in total. The standard InChI is InChI=1S/C25H28N4O5S/c1-4-34-25(31)18-6-8-22(26-15-18)28-9-11-29(12-10-28)23(30)14-19-16-35-24(27-19)17-5-7-20(32-2)21(13-17)33-3/h5-8,13,15-16H,4,9-12,14H2,1-3H3. The number of pyridine rings is 1. The number of methoxy groups -OCH3 is 2. The van der Waals surface area contributed by atoms with Crippen LogP contribution in [0.5, 0.6) is 11.5 Å². The van der Waals surface area contributed by atoms with Gasteiger partial charge >= 0.3 is 5.97 Å². The van der Waals surface area contributed by atoms with Crippen LogP contribution in [0, 0.1) is 0 Å². The molecule has 1 saturated heterocycles. The van der Waals surface area contributed by atoms with Gasteiger partial charge in [-0.25, -0.2) is 14.8 Å². The Balaban J connectivity index is 1.32. The molecule has 3 aromatic rings. The molecule has 1 fully saturated rings. The van der Waals surface area contributed by atoms with E-state index in [-0.39, 0.29) is 18.3 Å². The number of amides is 1. The van der Waals surface area contributed by atoms with Crippen molar-refractivity contribution < 1.29 is 23.8 Å². The molecule has 0 atom stereocenters. The van der Waals surface area contributed by atoms with Gasteiger partial charge in [0.1, 0.15) is 10.8 Å². The number of anilines is 1. The van der Waals surface area contributed by atoms with Crippen molar-refractivity contribution in [3.8, 4) is 22.1 Å². The van der Waals surface area contributed by atoms with Crippen molar-refractivity contribution in [2.24, 2.45) is 0 Å². The van der Waals surface area contributed by atoms with E-state index in [1.165, 1.54) is 17.5 Å². The average Bonchev–Trinajstić information content (AvgIpc) is 3.37. The van der Waals surface area contributed by atoms with Gasteiger partial charge in [0.15, 0.2) is 11.5 Å². The van der Waals surface area contributed by atoms with Crippen LogP contribution in [0.25, 0.3) is 10.6 Å². The number of aromatic nitrogens is 2. The van der Waals surface area contributed by atoms with Crippen molar-refractivity contribution in [3.63, 3.8) is 0 Å². The largest absolute Gasteiger partial charge is 0.493 e. The van der Waals surface area contributed by atoms with Gasteiger partial charge in [-0.3, -0.25) is 4.79 Å². The number of nitrogens with zero attached hydrogens (tertiary/aromatic N) is 4. The van der Waals surface area contributed by atoms with Crippen LogP contribution in [0.3, 0.4) is 0 Å².